The minimum Gasteiger partial charge on any atom is -0.343 e. The lowest BCUT2D eigenvalue weighted by molar-refractivity contribution is -0.209. The van der Waals surface area contributed by atoms with Crippen molar-refractivity contribution in [3.05, 3.63) is 72.4 Å². The third-order valence-corrected chi connectivity index (χ3v) is 3.01. The van der Waals surface area contributed by atoms with Gasteiger partial charge in [0.1, 0.15) is 0 Å². The quantitative estimate of drug-likeness (QED) is 0.433. The summed E-state index contributed by atoms with van der Waals surface area (Å²) < 4.78 is 10.9. The Labute approximate surface area is 120 Å². The van der Waals surface area contributed by atoms with Crippen LogP contribution in [0.25, 0.3) is 0 Å². The average molecular weight is 272 g/mol. The number of rotatable bonds is 7. The second kappa shape index (κ2) is 7.58. The number of hydrogen-bond acceptors (Lipinski definition) is 3. The van der Waals surface area contributed by atoms with Gasteiger partial charge in [0, 0.05) is 25.4 Å². The summed E-state index contributed by atoms with van der Waals surface area (Å²) in [4.78, 5) is 12.8. The molecule has 0 N–H and O–H groups in total. The number of allylic oxidation sites excluding steroid dienone is 4. The second-order valence-corrected chi connectivity index (χ2v) is 4.06. The van der Waals surface area contributed by atoms with Crippen molar-refractivity contribution in [2.45, 2.75) is 12.7 Å². The number of hydrogen-bond donors (Lipinski definition) is 0. The Balaban J connectivity index is 3.30. The van der Waals surface area contributed by atoms with E-state index in [2.05, 4.69) is 6.58 Å². The number of ether oxygens (including phenoxy) is 2. The molecule has 3 heteroatoms. The molecule has 0 atom stereocenters. The molecule has 1 aromatic carbocycles. The Morgan fingerprint density at radius 2 is 1.80 bits per heavy atom. The molecule has 0 aliphatic heterocycles. The molecule has 0 aromatic heterocycles. The van der Waals surface area contributed by atoms with Crippen LogP contribution in [0, 0.1) is 0 Å². The normalized spacial score (nSPS) is 12.7. The minimum absolute atomic E-state index is 0.255. The molecule has 0 saturated heterocycles. The fraction of sp³-hybridized carbons (Fsp3) is 0.235. The van der Waals surface area contributed by atoms with Crippen LogP contribution in [0.5, 0.6) is 0 Å². The molecule has 0 saturated carbocycles. The van der Waals surface area contributed by atoms with E-state index in [1.54, 1.807) is 43.4 Å². The SMILES string of the molecule is C=C/C=C\C(=C/C)C(=O)C(OC)(OC)c1ccccc1. The average Bonchev–Trinajstić information content (AvgIpc) is 2.51. The molecule has 1 rings (SSSR count). The molecule has 0 aliphatic rings. The van der Waals surface area contributed by atoms with Gasteiger partial charge in [-0.3, -0.25) is 4.79 Å². The number of benzene rings is 1. The molecular formula is C17H20O3. The van der Waals surface area contributed by atoms with E-state index in [4.69, 9.17) is 9.47 Å². The Morgan fingerprint density at radius 1 is 1.20 bits per heavy atom. The van der Waals surface area contributed by atoms with Gasteiger partial charge in [-0.2, -0.15) is 0 Å². The van der Waals surface area contributed by atoms with Gasteiger partial charge in [-0.1, -0.05) is 61.2 Å². The molecule has 0 radical (unpaired) electrons. The van der Waals surface area contributed by atoms with Crippen LogP contribution < -0.4 is 0 Å². The summed E-state index contributed by atoms with van der Waals surface area (Å²) in [6.45, 7) is 5.39. The molecule has 3 nitrogen and oxygen atoms in total. The van der Waals surface area contributed by atoms with Crippen LogP contribution in [-0.2, 0) is 20.1 Å². The monoisotopic (exact) mass is 272 g/mol. The third-order valence-electron chi connectivity index (χ3n) is 3.01. The standard InChI is InChI=1S/C17H20O3/c1-5-7-11-14(6-2)16(18)17(19-3,20-4)15-12-9-8-10-13-15/h5-13H,1H2,2-4H3/b11-7-,14-6+. The maximum absolute atomic E-state index is 12.8. The summed E-state index contributed by atoms with van der Waals surface area (Å²) in [5.74, 6) is -1.69. The number of ketones is 1. The summed E-state index contributed by atoms with van der Waals surface area (Å²) >= 11 is 0. The molecule has 106 valence electrons. The molecule has 0 heterocycles. The number of Topliss-reactive ketones (excluding diaryl/α,β-unsaturated/α-hetero) is 1. The van der Waals surface area contributed by atoms with Crippen molar-refractivity contribution in [1.29, 1.82) is 0 Å². The molecule has 0 aliphatic carbocycles. The van der Waals surface area contributed by atoms with E-state index >= 15 is 0 Å². The van der Waals surface area contributed by atoms with Crippen LogP contribution >= 0.6 is 0 Å². The first-order chi connectivity index (χ1) is 9.66. The Bertz CT molecular complexity index is 508. The van der Waals surface area contributed by atoms with Crippen LogP contribution in [0.4, 0.5) is 0 Å². The van der Waals surface area contributed by atoms with E-state index in [0.29, 0.717) is 11.1 Å². The van der Waals surface area contributed by atoms with E-state index < -0.39 is 5.79 Å². The topological polar surface area (TPSA) is 35.5 Å². The highest BCUT2D eigenvalue weighted by atomic mass is 16.7. The van der Waals surface area contributed by atoms with Crippen molar-refractivity contribution in [3.8, 4) is 0 Å². The fourth-order valence-corrected chi connectivity index (χ4v) is 1.96. The second-order valence-electron chi connectivity index (χ2n) is 4.06. The van der Waals surface area contributed by atoms with E-state index in [9.17, 15) is 4.79 Å². The molecule has 1 aromatic rings. The fourth-order valence-electron chi connectivity index (χ4n) is 1.96. The summed E-state index contributed by atoms with van der Waals surface area (Å²) in [5.41, 5.74) is 1.15. The van der Waals surface area contributed by atoms with Crippen LogP contribution in [-0.4, -0.2) is 20.0 Å². The zero-order chi connectivity index (χ0) is 15.0. The highest BCUT2D eigenvalue weighted by molar-refractivity contribution is 6.03. The van der Waals surface area contributed by atoms with Crippen LogP contribution in [0.3, 0.4) is 0 Å². The van der Waals surface area contributed by atoms with Gasteiger partial charge in [0.25, 0.3) is 5.79 Å². The molecule has 0 bridgehead atoms. The lowest BCUT2D eigenvalue weighted by Crippen LogP contribution is -2.40. The lowest BCUT2D eigenvalue weighted by Gasteiger charge is -2.30. The molecular weight excluding hydrogens is 252 g/mol. The summed E-state index contributed by atoms with van der Waals surface area (Å²) in [6, 6.07) is 9.15. The highest BCUT2D eigenvalue weighted by Crippen LogP contribution is 2.30. The van der Waals surface area contributed by atoms with Gasteiger partial charge in [0.05, 0.1) is 0 Å². The first-order valence-corrected chi connectivity index (χ1v) is 6.32. The lowest BCUT2D eigenvalue weighted by atomic mass is 9.95. The molecule has 0 spiro atoms. The minimum atomic E-state index is -1.44. The van der Waals surface area contributed by atoms with Gasteiger partial charge in [-0.15, -0.1) is 0 Å². The van der Waals surface area contributed by atoms with E-state index in [0.717, 1.165) is 0 Å². The van der Waals surface area contributed by atoms with Gasteiger partial charge in [0.2, 0.25) is 5.78 Å². The van der Waals surface area contributed by atoms with Crippen LogP contribution in [0.15, 0.2) is 66.8 Å². The van der Waals surface area contributed by atoms with Crippen molar-refractivity contribution in [2.75, 3.05) is 14.2 Å². The number of methoxy groups -OCH3 is 2. The summed E-state index contributed by atoms with van der Waals surface area (Å²) in [5, 5.41) is 0. The van der Waals surface area contributed by atoms with Gasteiger partial charge in [-0.25, -0.2) is 0 Å². The largest absolute Gasteiger partial charge is 0.343 e. The zero-order valence-corrected chi connectivity index (χ0v) is 12.1. The number of carbonyl (C=O) groups excluding carboxylic acids is 1. The van der Waals surface area contributed by atoms with Gasteiger partial charge in [-0.05, 0) is 6.92 Å². The number of carbonyl (C=O) groups is 1. The zero-order valence-electron chi connectivity index (χ0n) is 12.1. The third kappa shape index (κ3) is 3.13. The van der Waals surface area contributed by atoms with Crippen LogP contribution in [0.2, 0.25) is 0 Å². The van der Waals surface area contributed by atoms with Crippen molar-refractivity contribution >= 4 is 5.78 Å². The Kier molecular flexibility index (Phi) is 6.10. The van der Waals surface area contributed by atoms with Gasteiger partial charge in [0.15, 0.2) is 0 Å². The first kappa shape index (κ1) is 16.1. The molecule has 20 heavy (non-hydrogen) atoms. The van der Waals surface area contributed by atoms with Crippen molar-refractivity contribution in [2.24, 2.45) is 0 Å². The molecule has 0 unspecified atom stereocenters. The molecule has 0 fully saturated rings. The Hall–Kier alpha value is -1.97. The maximum atomic E-state index is 12.8. The van der Waals surface area contributed by atoms with Gasteiger partial charge >= 0.3 is 0 Å². The van der Waals surface area contributed by atoms with Gasteiger partial charge < -0.3 is 9.47 Å². The van der Waals surface area contributed by atoms with E-state index in [-0.39, 0.29) is 5.78 Å². The van der Waals surface area contributed by atoms with E-state index in [1.807, 2.05) is 18.2 Å². The van der Waals surface area contributed by atoms with Crippen molar-refractivity contribution in [1.82, 2.24) is 0 Å². The predicted octanol–water partition coefficient (Wildman–Crippen LogP) is 3.39. The summed E-state index contributed by atoms with van der Waals surface area (Å²) in [7, 11) is 2.91. The maximum Gasteiger partial charge on any atom is 0.260 e. The van der Waals surface area contributed by atoms with Crippen LogP contribution in [0.1, 0.15) is 12.5 Å². The highest BCUT2D eigenvalue weighted by Gasteiger charge is 2.41. The van der Waals surface area contributed by atoms with Crippen molar-refractivity contribution in [3.63, 3.8) is 0 Å². The Morgan fingerprint density at radius 3 is 2.25 bits per heavy atom. The predicted molar refractivity (Wildman–Crippen MR) is 80.2 cm³/mol. The van der Waals surface area contributed by atoms with E-state index in [1.165, 1.54) is 14.2 Å². The van der Waals surface area contributed by atoms with Crippen molar-refractivity contribution < 1.29 is 14.3 Å². The molecule has 0 amide bonds. The first-order valence-electron chi connectivity index (χ1n) is 6.32. The summed E-state index contributed by atoms with van der Waals surface area (Å²) in [6.07, 6.45) is 6.72. The smallest absolute Gasteiger partial charge is 0.260 e.